The minimum atomic E-state index is -1.02. The lowest BCUT2D eigenvalue weighted by Gasteiger charge is -2.13. The number of aliphatic carboxylic acids is 1. The van der Waals surface area contributed by atoms with Crippen molar-refractivity contribution < 1.29 is 19.2 Å². The van der Waals surface area contributed by atoms with Crippen molar-refractivity contribution in [2.24, 2.45) is 0 Å². The normalized spacial score (nSPS) is 12.1. The summed E-state index contributed by atoms with van der Waals surface area (Å²) in [4.78, 5) is 22.4. The van der Waals surface area contributed by atoms with E-state index in [4.69, 9.17) is 5.11 Å². The summed E-state index contributed by atoms with van der Waals surface area (Å²) in [6.45, 7) is 0. The molecule has 0 bridgehead atoms. The lowest BCUT2D eigenvalue weighted by Crippen LogP contribution is -2.41. The van der Waals surface area contributed by atoms with Crippen LogP contribution in [0.3, 0.4) is 0 Å². The number of carboxylic acid groups (broad SMARTS) is 1. The van der Waals surface area contributed by atoms with Crippen LogP contribution in [0.4, 0.5) is 0 Å². The van der Waals surface area contributed by atoms with Crippen LogP contribution in [0, 0.1) is 0 Å². The number of nitrogens with one attached hydrogen (secondary N) is 1. The summed E-state index contributed by atoms with van der Waals surface area (Å²) < 4.78 is 4.58. The third-order valence-corrected chi connectivity index (χ3v) is 2.72. The highest BCUT2D eigenvalue weighted by Crippen LogP contribution is 2.02. The highest BCUT2D eigenvalue weighted by molar-refractivity contribution is 7.98. The van der Waals surface area contributed by atoms with E-state index < -0.39 is 12.0 Å². The molecule has 0 aliphatic carbocycles. The largest absolute Gasteiger partial charge is 0.480 e. The molecule has 0 radical (unpaired) electrons. The van der Waals surface area contributed by atoms with Gasteiger partial charge in [0.15, 0.2) is 0 Å². The first-order chi connectivity index (χ1) is 8.13. The molecular formula is C10H14N2O4S. The fourth-order valence-corrected chi connectivity index (χ4v) is 1.70. The maximum atomic E-state index is 11.5. The number of hydrogen-bond donors (Lipinski definition) is 2. The molecule has 1 amide bonds. The van der Waals surface area contributed by atoms with Gasteiger partial charge in [-0.25, -0.2) is 4.79 Å². The van der Waals surface area contributed by atoms with Crippen LogP contribution in [0.15, 0.2) is 16.9 Å². The molecule has 1 aromatic rings. The Kier molecular flexibility index (Phi) is 5.55. The van der Waals surface area contributed by atoms with Gasteiger partial charge in [-0.05, 0) is 18.4 Å². The smallest absolute Gasteiger partial charge is 0.326 e. The zero-order valence-electron chi connectivity index (χ0n) is 9.38. The first-order valence-corrected chi connectivity index (χ1v) is 6.43. The third-order valence-electron chi connectivity index (χ3n) is 2.08. The van der Waals surface area contributed by atoms with Crippen molar-refractivity contribution in [2.75, 3.05) is 12.0 Å². The molecule has 0 aliphatic rings. The first kappa shape index (κ1) is 13.6. The lowest BCUT2D eigenvalue weighted by molar-refractivity contribution is -0.141. The Hall–Kier alpha value is -1.50. The molecule has 1 heterocycles. The number of nitrogens with zero attached hydrogens (tertiary/aromatic N) is 1. The van der Waals surface area contributed by atoms with E-state index in [-0.39, 0.29) is 12.3 Å². The minimum Gasteiger partial charge on any atom is -0.480 e. The van der Waals surface area contributed by atoms with Gasteiger partial charge < -0.3 is 14.9 Å². The fourth-order valence-electron chi connectivity index (χ4n) is 1.23. The summed E-state index contributed by atoms with van der Waals surface area (Å²) in [7, 11) is 0. The summed E-state index contributed by atoms with van der Waals surface area (Å²) in [6, 6.07) is 0.721. The molecule has 0 saturated heterocycles. The zero-order valence-corrected chi connectivity index (χ0v) is 10.2. The zero-order chi connectivity index (χ0) is 12.7. The molecule has 0 spiro atoms. The van der Waals surface area contributed by atoms with Crippen LogP contribution in [0.25, 0.3) is 0 Å². The highest BCUT2D eigenvalue weighted by atomic mass is 32.2. The van der Waals surface area contributed by atoms with E-state index in [9.17, 15) is 9.59 Å². The Labute approximate surface area is 103 Å². The van der Waals surface area contributed by atoms with E-state index in [0.717, 1.165) is 0 Å². The second-order valence-corrected chi connectivity index (χ2v) is 4.39. The van der Waals surface area contributed by atoms with E-state index in [1.807, 2.05) is 6.26 Å². The number of carboxylic acids is 1. The summed E-state index contributed by atoms with van der Waals surface area (Å²) in [5.74, 6) is -0.707. The molecule has 0 saturated carbocycles. The van der Waals surface area contributed by atoms with Crippen molar-refractivity contribution in [3.05, 3.63) is 18.0 Å². The van der Waals surface area contributed by atoms with E-state index in [1.165, 1.54) is 18.0 Å². The number of thioether (sulfide) groups is 1. The van der Waals surface area contributed by atoms with Crippen molar-refractivity contribution in [3.8, 4) is 0 Å². The number of amides is 1. The predicted molar refractivity (Wildman–Crippen MR) is 62.8 cm³/mol. The topological polar surface area (TPSA) is 92.4 Å². The average molecular weight is 258 g/mol. The van der Waals surface area contributed by atoms with Crippen molar-refractivity contribution in [3.63, 3.8) is 0 Å². The van der Waals surface area contributed by atoms with Crippen LogP contribution in [-0.2, 0) is 16.0 Å². The quantitative estimate of drug-likeness (QED) is 0.741. The molecule has 0 fully saturated rings. The molecule has 7 heteroatoms. The number of hydrogen-bond acceptors (Lipinski definition) is 5. The first-order valence-electron chi connectivity index (χ1n) is 5.04. The molecule has 1 atom stereocenters. The summed E-state index contributed by atoms with van der Waals surface area (Å²) in [5.41, 5.74) is 0.483. The number of carbonyl (C=O) groups excluding carboxylic acids is 1. The number of rotatable bonds is 7. The Balaban J connectivity index is 2.43. The summed E-state index contributed by atoms with van der Waals surface area (Å²) in [6.07, 6.45) is 3.68. The van der Waals surface area contributed by atoms with E-state index in [2.05, 4.69) is 15.0 Å². The van der Waals surface area contributed by atoms with Crippen LogP contribution in [0.5, 0.6) is 0 Å². The Morgan fingerprint density at radius 2 is 2.41 bits per heavy atom. The lowest BCUT2D eigenvalue weighted by atomic mass is 10.2. The van der Waals surface area contributed by atoms with Gasteiger partial charge >= 0.3 is 5.97 Å². The molecule has 0 unspecified atom stereocenters. The Bertz CT molecular complexity index is 366. The van der Waals surface area contributed by atoms with Crippen LogP contribution < -0.4 is 5.32 Å². The standard InChI is InChI=1S/C10H14N2O4S/c1-17-5-3-8(10(14)15)11-9(13)6-7-2-4-16-12-7/h2,4,8H,3,5-6H2,1H3,(H,11,13)(H,14,15)/t8-/m0/s1. The van der Waals surface area contributed by atoms with Crippen LogP contribution in [0.2, 0.25) is 0 Å². The number of aromatic nitrogens is 1. The molecule has 0 aliphatic heterocycles. The van der Waals surface area contributed by atoms with Gasteiger partial charge in [0, 0.05) is 6.07 Å². The molecule has 2 N–H and O–H groups in total. The Morgan fingerprint density at radius 1 is 1.65 bits per heavy atom. The molecule has 1 rings (SSSR count). The summed E-state index contributed by atoms with van der Waals surface area (Å²) in [5, 5.41) is 15.0. The average Bonchev–Trinajstić information content (AvgIpc) is 2.76. The monoisotopic (exact) mass is 258 g/mol. The van der Waals surface area contributed by atoms with E-state index in [1.54, 1.807) is 6.07 Å². The van der Waals surface area contributed by atoms with Gasteiger partial charge in [0.05, 0.1) is 12.1 Å². The fraction of sp³-hybridized carbons (Fsp3) is 0.500. The second kappa shape index (κ2) is 6.95. The van der Waals surface area contributed by atoms with E-state index in [0.29, 0.717) is 17.9 Å². The molecule has 17 heavy (non-hydrogen) atoms. The van der Waals surface area contributed by atoms with Crippen LogP contribution >= 0.6 is 11.8 Å². The van der Waals surface area contributed by atoms with Crippen molar-refractivity contribution >= 4 is 23.6 Å². The van der Waals surface area contributed by atoms with Crippen molar-refractivity contribution in [2.45, 2.75) is 18.9 Å². The van der Waals surface area contributed by atoms with Crippen LogP contribution in [0.1, 0.15) is 12.1 Å². The third kappa shape index (κ3) is 4.90. The second-order valence-electron chi connectivity index (χ2n) is 3.41. The molecule has 1 aromatic heterocycles. The van der Waals surface area contributed by atoms with Crippen molar-refractivity contribution in [1.29, 1.82) is 0 Å². The van der Waals surface area contributed by atoms with Gasteiger partial charge in [-0.1, -0.05) is 5.16 Å². The van der Waals surface area contributed by atoms with Gasteiger partial charge in [0.1, 0.15) is 12.3 Å². The minimum absolute atomic E-state index is 0.0273. The predicted octanol–water partition coefficient (Wildman–Crippen LogP) is 0.540. The van der Waals surface area contributed by atoms with Gasteiger partial charge in [-0.15, -0.1) is 0 Å². The van der Waals surface area contributed by atoms with Gasteiger partial charge in [0.2, 0.25) is 5.91 Å². The maximum Gasteiger partial charge on any atom is 0.326 e. The maximum absolute atomic E-state index is 11.5. The molecular weight excluding hydrogens is 244 g/mol. The van der Waals surface area contributed by atoms with E-state index >= 15 is 0 Å². The SMILES string of the molecule is CSCC[C@H](NC(=O)Cc1ccon1)C(=O)O. The molecule has 94 valence electrons. The number of carbonyl (C=O) groups is 2. The van der Waals surface area contributed by atoms with Gasteiger partial charge in [-0.2, -0.15) is 11.8 Å². The molecule has 0 aromatic carbocycles. The van der Waals surface area contributed by atoms with Gasteiger partial charge in [-0.3, -0.25) is 4.79 Å². The molecule has 6 nitrogen and oxygen atoms in total. The van der Waals surface area contributed by atoms with Crippen LogP contribution in [-0.4, -0.2) is 40.2 Å². The Morgan fingerprint density at radius 3 is 2.94 bits per heavy atom. The van der Waals surface area contributed by atoms with Crippen molar-refractivity contribution in [1.82, 2.24) is 10.5 Å². The highest BCUT2D eigenvalue weighted by Gasteiger charge is 2.19. The summed E-state index contributed by atoms with van der Waals surface area (Å²) >= 11 is 1.54. The van der Waals surface area contributed by atoms with Gasteiger partial charge in [0.25, 0.3) is 0 Å².